The molecule has 172 valence electrons. The van der Waals surface area contributed by atoms with E-state index >= 15 is 0 Å². The fourth-order valence-corrected chi connectivity index (χ4v) is 4.84. The summed E-state index contributed by atoms with van der Waals surface area (Å²) in [7, 11) is 0. The minimum atomic E-state index is -1.01. The number of rotatable bonds is 7. The fourth-order valence-electron chi connectivity index (χ4n) is 4.84. The zero-order valence-electron chi connectivity index (χ0n) is 18.9. The van der Waals surface area contributed by atoms with E-state index in [1.165, 1.54) is 29.8 Å². The predicted molar refractivity (Wildman–Crippen MR) is 125 cm³/mol. The molecule has 0 radical (unpaired) electrons. The zero-order valence-corrected chi connectivity index (χ0v) is 18.9. The van der Waals surface area contributed by atoms with Crippen molar-refractivity contribution >= 4 is 11.7 Å². The molecule has 1 saturated carbocycles. The molecule has 1 aromatic heterocycles. The van der Waals surface area contributed by atoms with Crippen LogP contribution < -0.4 is 10.9 Å². The molecule has 2 aliphatic rings. The number of piperidine rings is 1. The quantitative estimate of drug-likeness (QED) is 0.693. The summed E-state index contributed by atoms with van der Waals surface area (Å²) < 4.78 is 1.48. The number of benzene rings is 1. The Kier molecular flexibility index (Phi) is 6.94. The Morgan fingerprint density at radius 1 is 1.22 bits per heavy atom. The highest BCUT2D eigenvalue weighted by atomic mass is 16.3. The predicted octanol–water partition coefficient (Wildman–Crippen LogP) is 3.15. The van der Waals surface area contributed by atoms with Gasteiger partial charge < -0.3 is 15.3 Å². The molecule has 1 aromatic carbocycles. The molecule has 0 spiro atoms. The summed E-state index contributed by atoms with van der Waals surface area (Å²) >= 11 is 0. The van der Waals surface area contributed by atoms with Gasteiger partial charge in [0, 0.05) is 31.6 Å². The van der Waals surface area contributed by atoms with Gasteiger partial charge in [0.05, 0.1) is 18.5 Å². The van der Waals surface area contributed by atoms with E-state index in [0.717, 1.165) is 18.4 Å². The number of anilines is 1. The molecule has 1 aliphatic heterocycles. The van der Waals surface area contributed by atoms with Crippen molar-refractivity contribution in [1.29, 1.82) is 0 Å². The van der Waals surface area contributed by atoms with Gasteiger partial charge in [0.1, 0.15) is 5.82 Å². The maximum Gasteiger partial charge on any atom is 0.255 e. The lowest BCUT2D eigenvalue weighted by molar-refractivity contribution is -0.136. The maximum atomic E-state index is 12.8. The number of aliphatic hydroxyl groups is 1. The molecule has 7 heteroatoms. The molecule has 2 aromatic rings. The number of hydrogen-bond acceptors (Lipinski definition) is 5. The number of nitrogens with zero attached hydrogens (tertiary/aromatic N) is 3. The lowest BCUT2D eigenvalue weighted by Crippen LogP contribution is -2.49. The summed E-state index contributed by atoms with van der Waals surface area (Å²) in [4.78, 5) is 31.5. The van der Waals surface area contributed by atoms with Gasteiger partial charge in [-0.1, -0.05) is 50.1 Å². The normalized spacial score (nSPS) is 19.6. The Labute approximate surface area is 189 Å². The third kappa shape index (κ3) is 5.57. The highest BCUT2D eigenvalue weighted by Crippen LogP contribution is 2.26. The topological polar surface area (TPSA) is 87.5 Å². The average molecular weight is 439 g/mol. The Morgan fingerprint density at radius 2 is 1.91 bits per heavy atom. The molecule has 2 N–H and O–H groups in total. The maximum absolute atomic E-state index is 12.8. The number of amides is 1. The van der Waals surface area contributed by atoms with Crippen LogP contribution in [0.4, 0.5) is 5.82 Å². The third-order valence-corrected chi connectivity index (χ3v) is 6.95. The largest absolute Gasteiger partial charge is 0.388 e. The van der Waals surface area contributed by atoms with Crippen LogP contribution in [0.1, 0.15) is 63.4 Å². The molecule has 1 saturated heterocycles. The van der Waals surface area contributed by atoms with Crippen molar-refractivity contribution in [3.8, 4) is 0 Å². The van der Waals surface area contributed by atoms with E-state index in [1.54, 1.807) is 0 Å². The number of nitrogens with one attached hydrogen (secondary N) is 1. The van der Waals surface area contributed by atoms with Crippen LogP contribution in [0.3, 0.4) is 0 Å². The van der Waals surface area contributed by atoms with Gasteiger partial charge in [0.2, 0.25) is 5.91 Å². The fraction of sp³-hybridized carbons (Fsp3) is 0.560. The average Bonchev–Trinajstić information content (AvgIpc) is 3.30. The summed E-state index contributed by atoms with van der Waals surface area (Å²) in [5.41, 5.74) is -0.00972. The van der Waals surface area contributed by atoms with Gasteiger partial charge in [0.15, 0.2) is 0 Å². The smallest absolute Gasteiger partial charge is 0.255 e. The van der Waals surface area contributed by atoms with Crippen molar-refractivity contribution in [2.24, 2.45) is 0 Å². The van der Waals surface area contributed by atoms with E-state index in [9.17, 15) is 14.7 Å². The molecule has 2 fully saturated rings. The summed E-state index contributed by atoms with van der Waals surface area (Å²) in [6.45, 7) is 3.27. The molecule has 7 nitrogen and oxygen atoms in total. The third-order valence-electron chi connectivity index (χ3n) is 6.95. The van der Waals surface area contributed by atoms with Crippen LogP contribution in [0.5, 0.6) is 0 Å². The molecular formula is C25H34N4O3. The summed E-state index contributed by atoms with van der Waals surface area (Å²) in [5.74, 6) is 0.883. The van der Waals surface area contributed by atoms with E-state index < -0.39 is 5.60 Å². The van der Waals surface area contributed by atoms with Crippen LogP contribution in [0.15, 0.2) is 47.5 Å². The van der Waals surface area contributed by atoms with Gasteiger partial charge in [-0.3, -0.25) is 14.2 Å². The van der Waals surface area contributed by atoms with Crippen molar-refractivity contribution in [1.82, 2.24) is 14.5 Å². The van der Waals surface area contributed by atoms with Crippen molar-refractivity contribution < 1.29 is 9.90 Å². The highest BCUT2D eigenvalue weighted by Gasteiger charge is 2.35. The Morgan fingerprint density at radius 3 is 2.56 bits per heavy atom. The number of aromatic nitrogens is 2. The summed E-state index contributed by atoms with van der Waals surface area (Å²) in [6.07, 6.45) is 7.55. The Balaban J connectivity index is 1.30. The number of likely N-dealkylation sites (tertiary alicyclic amines) is 1. The monoisotopic (exact) mass is 438 g/mol. The van der Waals surface area contributed by atoms with E-state index in [0.29, 0.717) is 44.2 Å². The van der Waals surface area contributed by atoms with Gasteiger partial charge >= 0.3 is 0 Å². The minimum Gasteiger partial charge on any atom is -0.388 e. The SMILES string of the molecule is C[C@H](CC(=O)N1CCC(O)(Cn2cnc(NC3CCCC3)cc2=O)CC1)c1ccccc1. The minimum absolute atomic E-state index is 0.115. The van der Waals surface area contributed by atoms with E-state index in [4.69, 9.17) is 0 Å². The van der Waals surface area contributed by atoms with Crippen molar-refractivity contribution in [2.45, 2.75) is 76.0 Å². The first-order valence-electron chi connectivity index (χ1n) is 11.8. The Hall–Kier alpha value is -2.67. The molecule has 0 bridgehead atoms. The van der Waals surface area contributed by atoms with E-state index in [-0.39, 0.29) is 23.9 Å². The molecule has 1 atom stereocenters. The second-order valence-corrected chi connectivity index (χ2v) is 9.49. The number of hydrogen-bond donors (Lipinski definition) is 2. The summed E-state index contributed by atoms with van der Waals surface area (Å²) in [5, 5.41) is 14.4. The van der Waals surface area contributed by atoms with Crippen molar-refractivity contribution in [3.63, 3.8) is 0 Å². The number of carbonyl (C=O) groups is 1. The first-order chi connectivity index (χ1) is 15.4. The van der Waals surface area contributed by atoms with Crippen LogP contribution in [-0.2, 0) is 11.3 Å². The van der Waals surface area contributed by atoms with E-state index in [2.05, 4.69) is 17.2 Å². The van der Waals surface area contributed by atoms with Gasteiger partial charge in [-0.05, 0) is 37.2 Å². The summed E-state index contributed by atoms with van der Waals surface area (Å²) in [6, 6.07) is 12.0. The van der Waals surface area contributed by atoms with Crippen LogP contribution in [0, 0.1) is 0 Å². The van der Waals surface area contributed by atoms with Gasteiger partial charge in [-0.15, -0.1) is 0 Å². The highest BCUT2D eigenvalue weighted by molar-refractivity contribution is 5.77. The van der Waals surface area contributed by atoms with Gasteiger partial charge in [-0.25, -0.2) is 4.98 Å². The molecule has 1 amide bonds. The lowest BCUT2D eigenvalue weighted by atomic mass is 9.90. The van der Waals surface area contributed by atoms with Crippen LogP contribution in [-0.4, -0.2) is 50.2 Å². The zero-order chi connectivity index (χ0) is 22.6. The van der Waals surface area contributed by atoms with Crippen LogP contribution in [0.2, 0.25) is 0 Å². The standard InChI is InChI=1S/C25H34N4O3/c1-19(20-7-3-2-4-8-20)15-23(30)28-13-11-25(32,12-14-28)17-29-18-26-22(16-24(29)31)27-21-9-5-6-10-21/h2-4,7-8,16,18-19,21,27,32H,5-6,9-15,17H2,1H3/t19-/m1/s1. The molecule has 2 heterocycles. The van der Waals surface area contributed by atoms with Crippen molar-refractivity contribution in [3.05, 3.63) is 58.6 Å². The van der Waals surface area contributed by atoms with E-state index in [1.807, 2.05) is 35.2 Å². The molecule has 4 rings (SSSR count). The lowest BCUT2D eigenvalue weighted by Gasteiger charge is -2.38. The molecule has 32 heavy (non-hydrogen) atoms. The Bertz CT molecular complexity index is 961. The van der Waals surface area contributed by atoms with Gasteiger partial charge in [-0.2, -0.15) is 0 Å². The van der Waals surface area contributed by atoms with Crippen LogP contribution in [0.25, 0.3) is 0 Å². The molecular weight excluding hydrogens is 404 g/mol. The van der Waals surface area contributed by atoms with Gasteiger partial charge in [0.25, 0.3) is 5.56 Å². The van der Waals surface area contributed by atoms with Crippen LogP contribution >= 0.6 is 0 Å². The molecule has 1 aliphatic carbocycles. The number of carbonyl (C=O) groups excluding carboxylic acids is 1. The first kappa shape index (κ1) is 22.5. The second kappa shape index (κ2) is 9.86. The molecule has 0 unspecified atom stereocenters. The first-order valence-corrected chi connectivity index (χ1v) is 11.8. The van der Waals surface area contributed by atoms with Crippen molar-refractivity contribution in [2.75, 3.05) is 18.4 Å². The second-order valence-electron chi connectivity index (χ2n) is 9.49.